The SMILES string of the molecule is CCCC1CN(c2ccc3nnc(C(C)(C)C)n3n2)CCN1CCOC. The van der Waals surface area contributed by atoms with Gasteiger partial charge in [-0.25, -0.2) is 0 Å². The van der Waals surface area contributed by atoms with Gasteiger partial charge in [0.2, 0.25) is 0 Å². The Balaban J connectivity index is 1.82. The summed E-state index contributed by atoms with van der Waals surface area (Å²) in [5.74, 6) is 1.91. The number of methoxy groups -OCH3 is 1. The van der Waals surface area contributed by atoms with E-state index in [1.165, 1.54) is 12.8 Å². The Hall–Kier alpha value is -1.73. The van der Waals surface area contributed by atoms with Crippen molar-refractivity contribution < 1.29 is 4.74 Å². The van der Waals surface area contributed by atoms with Crippen LogP contribution in [0, 0.1) is 0 Å². The normalized spacial score (nSPS) is 19.4. The summed E-state index contributed by atoms with van der Waals surface area (Å²) in [5, 5.41) is 13.5. The molecule has 1 atom stereocenters. The average molecular weight is 361 g/mol. The van der Waals surface area contributed by atoms with Gasteiger partial charge in [-0.1, -0.05) is 34.1 Å². The van der Waals surface area contributed by atoms with Gasteiger partial charge in [0.1, 0.15) is 5.82 Å². The monoisotopic (exact) mass is 360 g/mol. The molecule has 0 saturated carbocycles. The van der Waals surface area contributed by atoms with Crippen molar-refractivity contribution in [2.75, 3.05) is 44.8 Å². The van der Waals surface area contributed by atoms with Gasteiger partial charge >= 0.3 is 0 Å². The van der Waals surface area contributed by atoms with Crippen LogP contribution in [-0.2, 0) is 10.2 Å². The maximum absolute atomic E-state index is 5.28. The van der Waals surface area contributed by atoms with Crippen molar-refractivity contribution in [3.05, 3.63) is 18.0 Å². The second kappa shape index (κ2) is 7.88. The summed E-state index contributed by atoms with van der Waals surface area (Å²) < 4.78 is 7.19. The van der Waals surface area contributed by atoms with Crippen molar-refractivity contribution in [3.8, 4) is 0 Å². The lowest BCUT2D eigenvalue weighted by atomic mass is 9.96. The molecule has 0 aromatic carbocycles. The smallest absolute Gasteiger partial charge is 0.178 e. The molecule has 0 N–H and O–H groups in total. The molecule has 26 heavy (non-hydrogen) atoms. The summed E-state index contributed by atoms with van der Waals surface area (Å²) in [6, 6.07) is 4.64. The molecule has 1 fully saturated rings. The molecule has 2 aromatic rings. The number of anilines is 1. The number of fused-ring (bicyclic) bond motifs is 1. The van der Waals surface area contributed by atoms with Crippen LogP contribution in [0.5, 0.6) is 0 Å². The van der Waals surface area contributed by atoms with E-state index in [0.717, 1.165) is 50.1 Å². The predicted octanol–water partition coefficient (Wildman–Crippen LogP) is 2.36. The van der Waals surface area contributed by atoms with E-state index in [9.17, 15) is 0 Å². The summed E-state index contributed by atoms with van der Waals surface area (Å²) >= 11 is 0. The third-order valence-electron chi connectivity index (χ3n) is 5.05. The molecule has 3 heterocycles. The van der Waals surface area contributed by atoms with Gasteiger partial charge in [-0.15, -0.1) is 15.3 Å². The lowest BCUT2D eigenvalue weighted by molar-refractivity contribution is 0.107. The number of piperazine rings is 1. The van der Waals surface area contributed by atoms with Crippen LogP contribution in [0.1, 0.15) is 46.4 Å². The van der Waals surface area contributed by atoms with Crippen LogP contribution in [0.3, 0.4) is 0 Å². The van der Waals surface area contributed by atoms with Crippen LogP contribution >= 0.6 is 0 Å². The molecule has 1 unspecified atom stereocenters. The van der Waals surface area contributed by atoms with Crippen molar-refractivity contribution >= 4 is 11.5 Å². The molecule has 2 aromatic heterocycles. The van der Waals surface area contributed by atoms with Crippen LogP contribution < -0.4 is 4.90 Å². The number of hydrogen-bond acceptors (Lipinski definition) is 6. The summed E-state index contributed by atoms with van der Waals surface area (Å²) in [7, 11) is 1.77. The van der Waals surface area contributed by atoms with Crippen molar-refractivity contribution in [2.45, 2.75) is 52.0 Å². The first-order chi connectivity index (χ1) is 12.4. The Morgan fingerprint density at radius 1 is 1.19 bits per heavy atom. The number of hydrogen-bond donors (Lipinski definition) is 0. The molecule has 0 radical (unpaired) electrons. The summed E-state index contributed by atoms with van der Waals surface area (Å²) in [4.78, 5) is 4.96. The largest absolute Gasteiger partial charge is 0.383 e. The topological polar surface area (TPSA) is 58.8 Å². The summed E-state index contributed by atoms with van der Waals surface area (Å²) in [6.45, 7) is 13.5. The lowest BCUT2D eigenvalue weighted by Gasteiger charge is -2.42. The highest BCUT2D eigenvalue weighted by molar-refractivity contribution is 5.46. The fourth-order valence-corrected chi connectivity index (χ4v) is 3.63. The lowest BCUT2D eigenvalue weighted by Crippen LogP contribution is -2.54. The Labute approximate surface area is 156 Å². The minimum atomic E-state index is -0.0887. The third-order valence-corrected chi connectivity index (χ3v) is 5.05. The second-order valence-electron chi connectivity index (χ2n) is 8.15. The standard InChI is InChI=1S/C19H32N6O/c1-6-7-15-14-24(11-10-23(15)12-13-26-5)17-9-8-16-20-21-18(19(2,3)4)25(16)22-17/h8-9,15H,6-7,10-14H2,1-5H3. The molecular weight excluding hydrogens is 328 g/mol. The fraction of sp³-hybridized carbons (Fsp3) is 0.737. The van der Waals surface area contributed by atoms with E-state index in [0.29, 0.717) is 6.04 Å². The van der Waals surface area contributed by atoms with Gasteiger partial charge < -0.3 is 9.64 Å². The van der Waals surface area contributed by atoms with E-state index in [2.05, 4.69) is 53.8 Å². The number of aromatic nitrogens is 4. The molecule has 0 aliphatic carbocycles. The highest BCUT2D eigenvalue weighted by Gasteiger charge is 2.28. The van der Waals surface area contributed by atoms with E-state index in [4.69, 9.17) is 9.84 Å². The molecule has 1 aliphatic rings. The first kappa shape index (κ1) is 19.0. The fourth-order valence-electron chi connectivity index (χ4n) is 3.63. The minimum absolute atomic E-state index is 0.0887. The molecular formula is C19H32N6O. The van der Waals surface area contributed by atoms with E-state index in [1.54, 1.807) is 7.11 Å². The quantitative estimate of drug-likeness (QED) is 0.788. The number of ether oxygens (including phenoxy) is 1. The highest BCUT2D eigenvalue weighted by Crippen LogP contribution is 2.23. The first-order valence-electron chi connectivity index (χ1n) is 9.65. The molecule has 3 rings (SSSR count). The summed E-state index contributed by atoms with van der Waals surface area (Å²) in [6.07, 6.45) is 2.39. The molecule has 7 heteroatoms. The van der Waals surface area contributed by atoms with Crippen molar-refractivity contribution in [2.24, 2.45) is 0 Å². The van der Waals surface area contributed by atoms with Crippen LogP contribution in [0.4, 0.5) is 5.82 Å². The van der Waals surface area contributed by atoms with Gasteiger partial charge in [-0.05, 0) is 18.6 Å². The van der Waals surface area contributed by atoms with E-state index in [-0.39, 0.29) is 5.41 Å². The van der Waals surface area contributed by atoms with E-state index in [1.807, 2.05) is 10.6 Å². The minimum Gasteiger partial charge on any atom is -0.383 e. The Morgan fingerprint density at radius 3 is 2.69 bits per heavy atom. The molecule has 7 nitrogen and oxygen atoms in total. The molecule has 1 saturated heterocycles. The molecule has 144 valence electrons. The van der Waals surface area contributed by atoms with Gasteiger partial charge in [-0.2, -0.15) is 4.52 Å². The summed E-state index contributed by atoms with van der Waals surface area (Å²) in [5.41, 5.74) is 0.719. The van der Waals surface area contributed by atoms with Gasteiger partial charge in [0.05, 0.1) is 6.61 Å². The van der Waals surface area contributed by atoms with Crippen LogP contribution in [0.2, 0.25) is 0 Å². The predicted molar refractivity (Wildman–Crippen MR) is 104 cm³/mol. The second-order valence-corrected chi connectivity index (χ2v) is 8.15. The zero-order valence-corrected chi connectivity index (χ0v) is 16.8. The van der Waals surface area contributed by atoms with Gasteiger partial charge in [0, 0.05) is 44.7 Å². The Bertz CT molecular complexity index is 722. The number of nitrogens with zero attached hydrogens (tertiary/aromatic N) is 6. The molecule has 0 bridgehead atoms. The highest BCUT2D eigenvalue weighted by atomic mass is 16.5. The maximum atomic E-state index is 5.28. The van der Waals surface area contributed by atoms with Gasteiger partial charge in [-0.3, -0.25) is 4.90 Å². The van der Waals surface area contributed by atoms with Crippen molar-refractivity contribution in [3.63, 3.8) is 0 Å². The molecule has 1 aliphatic heterocycles. The van der Waals surface area contributed by atoms with Crippen molar-refractivity contribution in [1.29, 1.82) is 0 Å². The van der Waals surface area contributed by atoms with E-state index < -0.39 is 0 Å². The zero-order valence-electron chi connectivity index (χ0n) is 16.8. The van der Waals surface area contributed by atoms with Crippen LogP contribution in [0.25, 0.3) is 5.65 Å². The average Bonchev–Trinajstić information content (AvgIpc) is 3.04. The maximum Gasteiger partial charge on any atom is 0.178 e. The molecule has 0 spiro atoms. The van der Waals surface area contributed by atoms with Gasteiger partial charge in [0.25, 0.3) is 0 Å². The third kappa shape index (κ3) is 3.99. The Kier molecular flexibility index (Phi) is 5.77. The van der Waals surface area contributed by atoms with Crippen LogP contribution in [-0.4, -0.2) is 70.6 Å². The van der Waals surface area contributed by atoms with Crippen molar-refractivity contribution in [1.82, 2.24) is 24.7 Å². The van der Waals surface area contributed by atoms with E-state index >= 15 is 0 Å². The zero-order chi connectivity index (χ0) is 18.7. The number of rotatable bonds is 6. The van der Waals surface area contributed by atoms with Crippen LogP contribution in [0.15, 0.2) is 12.1 Å². The van der Waals surface area contributed by atoms with Gasteiger partial charge in [0.15, 0.2) is 11.5 Å². The molecule has 0 amide bonds. The first-order valence-corrected chi connectivity index (χ1v) is 9.65. The Morgan fingerprint density at radius 2 is 2.00 bits per heavy atom.